The van der Waals surface area contributed by atoms with E-state index in [1.807, 2.05) is 37.2 Å². The van der Waals surface area contributed by atoms with Gasteiger partial charge in [0, 0.05) is 31.7 Å². The summed E-state index contributed by atoms with van der Waals surface area (Å²) in [6, 6.07) is 4.51. The molecule has 0 aromatic carbocycles. The van der Waals surface area contributed by atoms with Gasteiger partial charge in [0.1, 0.15) is 0 Å². The van der Waals surface area contributed by atoms with Gasteiger partial charge >= 0.3 is 0 Å². The Morgan fingerprint density at radius 3 is 2.71 bits per heavy atom. The molecule has 0 bridgehead atoms. The van der Waals surface area contributed by atoms with Crippen molar-refractivity contribution >= 4 is 0 Å². The number of rotatable bonds is 5. The summed E-state index contributed by atoms with van der Waals surface area (Å²) in [5, 5.41) is 7.53. The van der Waals surface area contributed by atoms with E-state index >= 15 is 0 Å². The summed E-state index contributed by atoms with van der Waals surface area (Å²) >= 11 is 0. The van der Waals surface area contributed by atoms with Crippen LogP contribution in [0.2, 0.25) is 0 Å². The number of likely N-dealkylation sites (N-methyl/N-ethyl adjacent to an activating group) is 1. The van der Waals surface area contributed by atoms with Crippen LogP contribution in [0.3, 0.4) is 0 Å². The molecular weight excluding hydrogens is 212 g/mol. The third kappa shape index (κ3) is 3.39. The van der Waals surface area contributed by atoms with Crippen molar-refractivity contribution in [2.75, 3.05) is 7.05 Å². The molecule has 4 nitrogen and oxygen atoms in total. The molecule has 2 aromatic heterocycles. The van der Waals surface area contributed by atoms with Crippen LogP contribution < -0.4 is 5.32 Å². The number of hydrogen-bond donors (Lipinski definition) is 1. The van der Waals surface area contributed by atoms with Crippen molar-refractivity contribution in [3.8, 4) is 0 Å². The second-order valence-electron chi connectivity index (χ2n) is 4.28. The van der Waals surface area contributed by atoms with Gasteiger partial charge in [-0.25, -0.2) is 0 Å². The average molecular weight is 230 g/mol. The summed E-state index contributed by atoms with van der Waals surface area (Å²) < 4.78 is 1.84. The number of nitrogens with one attached hydrogen (secondary N) is 1. The SMILES string of the molecule is CNC(Cc1cccnc1)Cc1cnn(C)c1. The molecule has 1 N–H and O–H groups in total. The van der Waals surface area contributed by atoms with Gasteiger partial charge in [0.25, 0.3) is 0 Å². The van der Waals surface area contributed by atoms with Gasteiger partial charge in [0.2, 0.25) is 0 Å². The fourth-order valence-corrected chi connectivity index (χ4v) is 1.94. The first-order chi connectivity index (χ1) is 8.28. The van der Waals surface area contributed by atoms with Crippen molar-refractivity contribution in [1.82, 2.24) is 20.1 Å². The molecule has 0 aliphatic carbocycles. The van der Waals surface area contributed by atoms with Crippen LogP contribution in [0.4, 0.5) is 0 Å². The normalized spacial score (nSPS) is 12.6. The van der Waals surface area contributed by atoms with Gasteiger partial charge in [0.05, 0.1) is 6.20 Å². The van der Waals surface area contributed by atoms with Gasteiger partial charge in [-0.2, -0.15) is 5.10 Å². The zero-order valence-electron chi connectivity index (χ0n) is 10.3. The first kappa shape index (κ1) is 11.8. The van der Waals surface area contributed by atoms with E-state index in [0.29, 0.717) is 6.04 Å². The fourth-order valence-electron chi connectivity index (χ4n) is 1.94. The summed E-state index contributed by atoms with van der Waals surface area (Å²) in [6.45, 7) is 0. The van der Waals surface area contributed by atoms with Gasteiger partial charge in [0.15, 0.2) is 0 Å². The van der Waals surface area contributed by atoms with Crippen molar-refractivity contribution in [1.29, 1.82) is 0 Å². The first-order valence-electron chi connectivity index (χ1n) is 5.81. The Morgan fingerprint density at radius 1 is 1.29 bits per heavy atom. The van der Waals surface area contributed by atoms with Crippen molar-refractivity contribution in [2.24, 2.45) is 7.05 Å². The van der Waals surface area contributed by atoms with Crippen LogP contribution in [0, 0.1) is 0 Å². The third-order valence-corrected chi connectivity index (χ3v) is 2.85. The molecule has 0 radical (unpaired) electrons. The summed E-state index contributed by atoms with van der Waals surface area (Å²) in [5.41, 5.74) is 2.52. The van der Waals surface area contributed by atoms with Gasteiger partial charge < -0.3 is 5.32 Å². The Hall–Kier alpha value is -1.68. The summed E-state index contributed by atoms with van der Waals surface area (Å²) in [5.74, 6) is 0. The highest BCUT2D eigenvalue weighted by Gasteiger charge is 2.09. The molecule has 90 valence electrons. The van der Waals surface area contributed by atoms with Crippen molar-refractivity contribution in [3.63, 3.8) is 0 Å². The van der Waals surface area contributed by atoms with Crippen LogP contribution in [-0.2, 0) is 19.9 Å². The molecule has 0 fully saturated rings. The number of hydrogen-bond acceptors (Lipinski definition) is 3. The fraction of sp³-hybridized carbons (Fsp3) is 0.385. The highest BCUT2D eigenvalue weighted by atomic mass is 15.2. The largest absolute Gasteiger partial charge is 0.316 e. The maximum absolute atomic E-state index is 4.19. The monoisotopic (exact) mass is 230 g/mol. The van der Waals surface area contributed by atoms with Gasteiger partial charge in [-0.05, 0) is 37.1 Å². The van der Waals surface area contributed by atoms with E-state index in [0.717, 1.165) is 12.8 Å². The van der Waals surface area contributed by atoms with Gasteiger partial charge in [-0.1, -0.05) is 6.07 Å². The molecule has 0 aliphatic heterocycles. The lowest BCUT2D eigenvalue weighted by molar-refractivity contribution is 0.555. The van der Waals surface area contributed by atoms with E-state index in [2.05, 4.69) is 27.7 Å². The Bertz CT molecular complexity index is 449. The highest BCUT2D eigenvalue weighted by Crippen LogP contribution is 2.07. The van der Waals surface area contributed by atoms with Crippen LogP contribution >= 0.6 is 0 Å². The van der Waals surface area contributed by atoms with E-state index in [1.165, 1.54) is 11.1 Å². The number of aryl methyl sites for hydroxylation is 1. The maximum atomic E-state index is 4.19. The van der Waals surface area contributed by atoms with Crippen LogP contribution in [0.5, 0.6) is 0 Å². The lowest BCUT2D eigenvalue weighted by Crippen LogP contribution is -2.29. The molecule has 0 amide bonds. The molecule has 2 heterocycles. The highest BCUT2D eigenvalue weighted by molar-refractivity contribution is 5.13. The topological polar surface area (TPSA) is 42.7 Å². The predicted octanol–water partition coefficient (Wildman–Crippen LogP) is 1.19. The van der Waals surface area contributed by atoms with Gasteiger partial charge in [-0.3, -0.25) is 9.67 Å². The molecule has 1 atom stereocenters. The van der Waals surface area contributed by atoms with Crippen molar-refractivity contribution in [2.45, 2.75) is 18.9 Å². The smallest absolute Gasteiger partial charge is 0.0522 e. The first-order valence-corrected chi connectivity index (χ1v) is 5.81. The minimum Gasteiger partial charge on any atom is -0.316 e. The maximum Gasteiger partial charge on any atom is 0.0522 e. The van der Waals surface area contributed by atoms with Crippen LogP contribution in [0.15, 0.2) is 36.9 Å². The summed E-state index contributed by atoms with van der Waals surface area (Å²) in [7, 11) is 3.94. The molecule has 2 rings (SSSR count). The zero-order valence-corrected chi connectivity index (χ0v) is 10.3. The quantitative estimate of drug-likeness (QED) is 0.839. The lowest BCUT2D eigenvalue weighted by atomic mass is 10.0. The molecule has 0 saturated carbocycles. The summed E-state index contributed by atoms with van der Waals surface area (Å²) in [6.07, 6.45) is 9.69. The standard InChI is InChI=1S/C13H18N4/c1-14-13(6-11-4-3-5-15-8-11)7-12-9-16-17(2)10-12/h3-5,8-10,13-14H,6-7H2,1-2H3. The minimum atomic E-state index is 0.420. The molecule has 1 unspecified atom stereocenters. The Kier molecular flexibility index (Phi) is 3.88. The molecule has 0 aliphatic rings. The Balaban J connectivity index is 1.98. The second-order valence-corrected chi connectivity index (χ2v) is 4.28. The van der Waals surface area contributed by atoms with E-state index in [1.54, 1.807) is 6.20 Å². The third-order valence-electron chi connectivity index (χ3n) is 2.85. The summed E-state index contributed by atoms with van der Waals surface area (Å²) in [4.78, 5) is 4.14. The Morgan fingerprint density at radius 2 is 2.12 bits per heavy atom. The van der Waals surface area contributed by atoms with E-state index in [4.69, 9.17) is 0 Å². The average Bonchev–Trinajstić information content (AvgIpc) is 2.75. The van der Waals surface area contributed by atoms with E-state index in [-0.39, 0.29) is 0 Å². The lowest BCUT2D eigenvalue weighted by Gasteiger charge is -2.14. The van der Waals surface area contributed by atoms with Gasteiger partial charge in [-0.15, -0.1) is 0 Å². The van der Waals surface area contributed by atoms with Crippen LogP contribution in [-0.4, -0.2) is 27.9 Å². The molecular formula is C13H18N4. The van der Waals surface area contributed by atoms with Crippen molar-refractivity contribution < 1.29 is 0 Å². The predicted molar refractivity (Wildman–Crippen MR) is 67.7 cm³/mol. The molecule has 0 saturated heterocycles. The number of pyridine rings is 1. The van der Waals surface area contributed by atoms with E-state index < -0.39 is 0 Å². The number of nitrogens with zero attached hydrogens (tertiary/aromatic N) is 3. The molecule has 2 aromatic rings. The minimum absolute atomic E-state index is 0.420. The Labute approximate surface area is 102 Å². The number of aromatic nitrogens is 3. The molecule has 17 heavy (non-hydrogen) atoms. The molecule has 4 heteroatoms. The van der Waals surface area contributed by atoms with Crippen LogP contribution in [0.1, 0.15) is 11.1 Å². The van der Waals surface area contributed by atoms with Crippen LogP contribution in [0.25, 0.3) is 0 Å². The second kappa shape index (κ2) is 5.59. The van der Waals surface area contributed by atoms with Crippen molar-refractivity contribution in [3.05, 3.63) is 48.0 Å². The zero-order chi connectivity index (χ0) is 12.1. The molecule has 0 spiro atoms. The van der Waals surface area contributed by atoms with E-state index in [9.17, 15) is 0 Å².